The Bertz CT molecular complexity index is 551. The molecule has 0 aliphatic heterocycles. The Kier molecular flexibility index (Phi) is 6.22. The molecule has 0 aromatic heterocycles. The Hall–Kier alpha value is -1.36. The summed E-state index contributed by atoms with van der Waals surface area (Å²) in [5, 5.41) is 6.01. The van der Waals surface area contributed by atoms with Crippen LogP contribution >= 0.6 is 15.9 Å². The molecular formula is C18H25BrN2O2. The molecule has 2 rings (SSSR count). The number of nitrogens with one attached hydrogen (secondary N) is 2. The van der Waals surface area contributed by atoms with Gasteiger partial charge in [0.15, 0.2) is 0 Å². The zero-order valence-electron chi connectivity index (χ0n) is 13.8. The summed E-state index contributed by atoms with van der Waals surface area (Å²) >= 11 is 3.42. The predicted molar refractivity (Wildman–Crippen MR) is 95.1 cm³/mol. The molecule has 1 aromatic carbocycles. The molecule has 5 heteroatoms. The van der Waals surface area contributed by atoms with Gasteiger partial charge < -0.3 is 10.6 Å². The number of rotatable bonds is 5. The normalized spacial score (nSPS) is 18.0. The van der Waals surface area contributed by atoms with Crippen molar-refractivity contribution in [2.45, 2.75) is 64.0 Å². The molecule has 0 bridgehead atoms. The quantitative estimate of drug-likeness (QED) is 0.822. The highest BCUT2D eigenvalue weighted by molar-refractivity contribution is 9.10. The van der Waals surface area contributed by atoms with Crippen LogP contribution in [-0.4, -0.2) is 23.4 Å². The number of hydrogen-bond donors (Lipinski definition) is 2. The van der Waals surface area contributed by atoms with Crippen LogP contribution in [0.3, 0.4) is 0 Å². The number of carbonyl (C=O) groups excluding carboxylic acids is 2. The summed E-state index contributed by atoms with van der Waals surface area (Å²) in [6, 6.07) is 8.14. The first kappa shape index (κ1) is 18.0. The smallest absolute Gasteiger partial charge is 0.245 e. The SMILES string of the molecule is CC(=O)NC1(C(=O)NC(C)Cc2ccc(Br)cc2)CCCCC1. The Morgan fingerprint density at radius 3 is 2.35 bits per heavy atom. The molecule has 2 N–H and O–H groups in total. The van der Waals surface area contributed by atoms with E-state index in [1.807, 2.05) is 19.1 Å². The maximum absolute atomic E-state index is 12.8. The fourth-order valence-electron chi connectivity index (χ4n) is 3.29. The Morgan fingerprint density at radius 1 is 1.17 bits per heavy atom. The van der Waals surface area contributed by atoms with Crippen LogP contribution in [0.25, 0.3) is 0 Å². The zero-order chi connectivity index (χ0) is 16.9. The second kappa shape index (κ2) is 7.95. The summed E-state index contributed by atoms with van der Waals surface area (Å²) in [5.74, 6) is -0.181. The van der Waals surface area contributed by atoms with Gasteiger partial charge in [0.05, 0.1) is 0 Å². The fourth-order valence-corrected chi connectivity index (χ4v) is 3.55. The van der Waals surface area contributed by atoms with Gasteiger partial charge in [-0.2, -0.15) is 0 Å². The number of amides is 2. The summed E-state index contributed by atoms with van der Waals surface area (Å²) in [4.78, 5) is 24.3. The van der Waals surface area contributed by atoms with Crippen LogP contribution in [0.5, 0.6) is 0 Å². The molecule has 1 saturated carbocycles. The van der Waals surface area contributed by atoms with Crippen molar-refractivity contribution in [3.8, 4) is 0 Å². The standard InChI is InChI=1S/C18H25BrN2O2/c1-13(12-15-6-8-16(19)9-7-15)20-17(23)18(21-14(2)22)10-4-3-5-11-18/h6-9,13H,3-5,10-12H2,1-2H3,(H,20,23)(H,21,22). The van der Waals surface area contributed by atoms with Gasteiger partial charge in [0.25, 0.3) is 0 Å². The van der Waals surface area contributed by atoms with Gasteiger partial charge in [-0.25, -0.2) is 0 Å². The van der Waals surface area contributed by atoms with E-state index in [-0.39, 0.29) is 17.9 Å². The highest BCUT2D eigenvalue weighted by Gasteiger charge is 2.40. The maximum atomic E-state index is 12.8. The van der Waals surface area contributed by atoms with E-state index in [0.29, 0.717) is 0 Å². The van der Waals surface area contributed by atoms with Crippen LogP contribution in [0.15, 0.2) is 28.7 Å². The average Bonchev–Trinajstić information content (AvgIpc) is 2.49. The third kappa shape index (κ3) is 5.06. The number of benzene rings is 1. The van der Waals surface area contributed by atoms with Crippen molar-refractivity contribution in [3.05, 3.63) is 34.3 Å². The van der Waals surface area contributed by atoms with Crippen molar-refractivity contribution in [2.75, 3.05) is 0 Å². The molecule has 126 valence electrons. The lowest BCUT2D eigenvalue weighted by atomic mass is 9.80. The van der Waals surface area contributed by atoms with Crippen molar-refractivity contribution in [1.29, 1.82) is 0 Å². The summed E-state index contributed by atoms with van der Waals surface area (Å²) in [5.41, 5.74) is 0.455. The van der Waals surface area contributed by atoms with E-state index >= 15 is 0 Å². The first-order valence-electron chi connectivity index (χ1n) is 8.25. The van der Waals surface area contributed by atoms with Gasteiger partial charge >= 0.3 is 0 Å². The second-order valence-electron chi connectivity index (χ2n) is 6.53. The van der Waals surface area contributed by atoms with E-state index < -0.39 is 5.54 Å². The van der Waals surface area contributed by atoms with E-state index in [1.54, 1.807) is 0 Å². The van der Waals surface area contributed by atoms with Crippen LogP contribution < -0.4 is 10.6 Å². The first-order valence-corrected chi connectivity index (χ1v) is 9.05. The third-order valence-corrected chi connectivity index (χ3v) is 4.92. The van der Waals surface area contributed by atoms with Crippen molar-refractivity contribution >= 4 is 27.7 Å². The van der Waals surface area contributed by atoms with Crippen LogP contribution in [0.4, 0.5) is 0 Å². The van der Waals surface area contributed by atoms with Crippen LogP contribution in [0.2, 0.25) is 0 Å². The van der Waals surface area contributed by atoms with Gasteiger partial charge in [-0.15, -0.1) is 0 Å². The summed E-state index contributed by atoms with van der Waals surface area (Å²) in [6.07, 6.45) is 5.31. The predicted octanol–water partition coefficient (Wildman–Crippen LogP) is 3.34. The summed E-state index contributed by atoms with van der Waals surface area (Å²) in [6.45, 7) is 3.49. The molecule has 2 amide bonds. The van der Waals surface area contributed by atoms with E-state index in [9.17, 15) is 9.59 Å². The molecule has 0 spiro atoms. The minimum atomic E-state index is -0.724. The average molecular weight is 381 g/mol. The Balaban J connectivity index is 1.99. The van der Waals surface area contributed by atoms with Gasteiger partial charge in [-0.05, 0) is 43.9 Å². The van der Waals surface area contributed by atoms with E-state index in [1.165, 1.54) is 12.5 Å². The van der Waals surface area contributed by atoms with Gasteiger partial charge in [0.1, 0.15) is 5.54 Å². The summed E-state index contributed by atoms with van der Waals surface area (Å²) < 4.78 is 1.05. The minimum Gasteiger partial charge on any atom is -0.351 e. The molecule has 1 aliphatic carbocycles. The van der Waals surface area contributed by atoms with E-state index in [2.05, 4.69) is 38.7 Å². The van der Waals surface area contributed by atoms with Gasteiger partial charge in [-0.3, -0.25) is 9.59 Å². The number of carbonyl (C=O) groups is 2. The zero-order valence-corrected chi connectivity index (χ0v) is 15.4. The second-order valence-corrected chi connectivity index (χ2v) is 7.44. The molecule has 1 aromatic rings. The largest absolute Gasteiger partial charge is 0.351 e. The Morgan fingerprint density at radius 2 is 1.78 bits per heavy atom. The molecular weight excluding hydrogens is 356 g/mol. The lowest BCUT2D eigenvalue weighted by molar-refractivity contribution is -0.134. The molecule has 1 fully saturated rings. The highest BCUT2D eigenvalue weighted by atomic mass is 79.9. The number of halogens is 1. The Labute approximate surface area is 146 Å². The molecule has 4 nitrogen and oxygen atoms in total. The molecule has 0 radical (unpaired) electrons. The van der Waals surface area contributed by atoms with Crippen molar-refractivity contribution < 1.29 is 9.59 Å². The maximum Gasteiger partial charge on any atom is 0.245 e. The van der Waals surface area contributed by atoms with Gasteiger partial charge in [-0.1, -0.05) is 47.3 Å². The van der Waals surface area contributed by atoms with Crippen molar-refractivity contribution in [2.24, 2.45) is 0 Å². The van der Waals surface area contributed by atoms with Crippen LogP contribution in [-0.2, 0) is 16.0 Å². The molecule has 0 heterocycles. The van der Waals surface area contributed by atoms with Crippen molar-refractivity contribution in [1.82, 2.24) is 10.6 Å². The topological polar surface area (TPSA) is 58.2 Å². The number of hydrogen-bond acceptors (Lipinski definition) is 2. The molecule has 1 aliphatic rings. The van der Waals surface area contributed by atoms with Crippen LogP contribution in [0, 0.1) is 0 Å². The van der Waals surface area contributed by atoms with Gasteiger partial charge in [0, 0.05) is 17.4 Å². The van der Waals surface area contributed by atoms with Crippen LogP contribution in [0.1, 0.15) is 51.5 Å². The van der Waals surface area contributed by atoms with E-state index in [0.717, 1.165) is 43.0 Å². The van der Waals surface area contributed by atoms with Crippen molar-refractivity contribution in [3.63, 3.8) is 0 Å². The highest BCUT2D eigenvalue weighted by Crippen LogP contribution is 2.28. The summed E-state index contributed by atoms with van der Waals surface area (Å²) in [7, 11) is 0. The minimum absolute atomic E-state index is 0.0243. The van der Waals surface area contributed by atoms with E-state index in [4.69, 9.17) is 0 Å². The lowest BCUT2D eigenvalue weighted by Gasteiger charge is -2.37. The molecule has 0 saturated heterocycles. The molecule has 1 unspecified atom stereocenters. The monoisotopic (exact) mass is 380 g/mol. The molecule has 1 atom stereocenters. The third-order valence-electron chi connectivity index (χ3n) is 4.39. The molecule has 23 heavy (non-hydrogen) atoms. The fraction of sp³-hybridized carbons (Fsp3) is 0.556. The first-order chi connectivity index (χ1) is 10.9. The lowest BCUT2D eigenvalue weighted by Crippen LogP contribution is -2.60. The van der Waals surface area contributed by atoms with Gasteiger partial charge in [0.2, 0.25) is 11.8 Å².